The van der Waals surface area contributed by atoms with E-state index in [2.05, 4.69) is 10.6 Å². The zero-order chi connectivity index (χ0) is 15.5. The van der Waals surface area contributed by atoms with E-state index in [1.165, 1.54) is 38.5 Å². The first kappa shape index (κ1) is 22.3. The number of rotatable bonds is 7. The molecule has 0 saturated heterocycles. The van der Waals surface area contributed by atoms with Crippen molar-refractivity contribution >= 4 is 8.25 Å². The van der Waals surface area contributed by atoms with E-state index >= 15 is 0 Å². The first-order valence-electron chi connectivity index (χ1n) is 7.38. The van der Waals surface area contributed by atoms with Crippen molar-refractivity contribution in [2.45, 2.75) is 38.5 Å². The van der Waals surface area contributed by atoms with Gasteiger partial charge in [-0.15, -0.1) is 0 Å². The van der Waals surface area contributed by atoms with Gasteiger partial charge in [-0.05, 0) is 0 Å². The van der Waals surface area contributed by atoms with Crippen molar-refractivity contribution in [3.8, 4) is 0 Å². The van der Waals surface area contributed by atoms with Crippen molar-refractivity contribution in [3.63, 3.8) is 0 Å². The molecule has 0 aromatic rings. The molecular weight excluding hydrogens is 279 g/mol. The Balaban J connectivity index is 0. The van der Waals surface area contributed by atoms with Gasteiger partial charge < -0.3 is 31.9 Å². The zero-order valence-corrected chi connectivity index (χ0v) is 13.4. The minimum Gasteiger partial charge on any atom is -0.329 e. The smallest absolute Gasteiger partial charge is 0.314 e. The van der Waals surface area contributed by atoms with Gasteiger partial charge in [0.05, 0.1) is 0 Å². The normalized spacial score (nSPS) is 14.1. The van der Waals surface area contributed by atoms with Crippen LogP contribution in [0.5, 0.6) is 0 Å². The molecule has 1 aliphatic carbocycles. The van der Waals surface area contributed by atoms with Crippen LogP contribution >= 0.6 is 8.25 Å². The van der Waals surface area contributed by atoms with E-state index in [1.54, 1.807) is 0 Å². The lowest BCUT2D eigenvalue weighted by atomic mass is 10.0. The number of nitrogens with two attached hydrogens (primary N) is 2. The molecule has 8 heteroatoms. The van der Waals surface area contributed by atoms with Crippen molar-refractivity contribution in [1.29, 1.82) is 0 Å². The Bertz CT molecular complexity index is 172. The van der Waals surface area contributed by atoms with E-state index in [1.807, 2.05) is 0 Å². The van der Waals surface area contributed by atoms with Crippen LogP contribution in [0.1, 0.15) is 38.5 Å². The van der Waals surface area contributed by atoms with E-state index in [9.17, 15) is 0 Å². The molecule has 0 radical (unpaired) electrons. The minimum absolute atomic E-state index is 0.705. The first-order valence-corrected chi connectivity index (χ1v) is 8.68. The second-order valence-corrected chi connectivity index (χ2v) is 5.05. The molecular formula is C12H33N4O3P. The molecule has 1 saturated carbocycles. The molecule has 8 N–H and O–H groups in total. The van der Waals surface area contributed by atoms with Gasteiger partial charge in [0.15, 0.2) is 0 Å². The summed E-state index contributed by atoms with van der Waals surface area (Å²) in [4.78, 5) is 14.3. The van der Waals surface area contributed by atoms with E-state index in [0.717, 1.165) is 26.2 Å². The lowest BCUT2D eigenvalue weighted by Gasteiger charge is -2.05. The summed E-state index contributed by atoms with van der Waals surface area (Å²) < 4.78 is 8.74. The van der Waals surface area contributed by atoms with Crippen LogP contribution in [0.25, 0.3) is 0 Å². The van der Waals surface area contributed by atoms with Crippen molar-refractivity contribution in [2.75, 3.05) is 39.3 Å². The highest BCUT2D eigenvalue weighted by atomic mass is 31.1. The minimum atomic E-state index is -3.13. The van der Waals surface area contributed by atoms with E-state index in [4.69, 9.17) is 25.8 Å². The van der Waals surface area contributed by atoms with Gasteiger partial charge in [0.25, 0.3) is 0 Å². The molecule has 1 rings (SSSR count). The molecule has 0 aromatic carbocycles. The fourth-order valence-electron chi connectivity index (χ4n) is 1.69. The Morgan fingerprint density at radius 3 is 1.20 bits per heavy atom. The molecule has 0 atom stereocenters. The summed E-state index contributed by atoms with van der Waals surface area (Å²) >= 11 is 0. The molecule has 0 amide bonds. The third kappa shape index (κ3) is 30.8. The molecule has 20 heavy (non-hydrogen) atoms. The maximum absolute atomic E-state index is 8.74. The predicted molar refractivity (Wildman–Crippen MR) is 85.0 cm³/mol. The lowest BCUT2D eigenvalue weighted by molar-refractivity contribution is 0.405. The monoisotopic (exact) mass is 312 g/mol. The van der Waals surface area contributed by atoms with Crippen LogP contribution < -0.4 is 22.1 Å². The summed E-state index contributed by atoms with van der Waals surface area (Å²) in [5.74, 6) is 0. The number of nitrogens with one attached hydrogen (secondary N) is 2. The summed E-state index contributed by atoms with van der Waals surface area (Å²) in [7, 11) is -3.13. The quantitative estimate of drug-likeness (QED) is 0.283. The molecule has 0 spiro atoms. The Morgan fingerprint density at radius 2 is 1.00 bits per heavy atom. The highest BCUT2D eigenvalue weighted by Crippen LogP contribution is 2.15. The summed E-state index contributed by atoms with van der Waals surface area (Å²) in [6, 6.07) is 0. The molecule has 1 fully saturated rings. The standard InChI is InChI=1S/C6H18N4.C6H12.H3O3P/c7-1-3-9-5-6-10-4-2-8;1-2-4-6-5-3-1;1-4(2)3/h9-10H,1-8H2;1-6H2;4H,(H2,1,2,3). The largest absolute Gasteiger partial charge is 0.329 e. The van der Waals surface area contributed by atoms with Crippen LogP contribution in [0.3, 0.4) is 0 Å². The maximum Gasteiger partial charge on any atom is 0.314 e. The zero-order valence-electron chi connectivity index (χ0n) is 12.4. The average molecular weight is 312 g/mol. The van der Waals surface area contributed by atoms with Gasteiger partial charge in [-0.25, -0.2) is 0 Å². The summed E-state index contributed by atoms with van der Waals surface area (Å²) in [6.45, 7) is 5.14. The van der Waals surface area contributed by atoms with Crippen molar-refractivity contribution in [3.05, 3.63) is 0 Å². The van der Waals surface area contributed by atoms with E-state index < -0.39 is 8.25 Å². The van der Waals surface area contributed by atoms with Gasteiger partial charge in [0.1, 0.15) is 0 Å². The Labute approximate surface area is 123 Å². The van der Waals surface area contributed by atoms with Gasteiger partial charge in [0, 0.05) is 39.3 Å². The second kappa shape index (κ2) is 21.3. The highest BCUT2D eigenvalue weighted by Gasteiger charge is 1.95. The van der Waals surface area contributed by atoms with Crippen LogP contribution in [0.15, 0.2) is 0 Å². The molecule has 7 nitrogen and oxygen atoms in total. The Hall–Kier alpha value is -0.0100. The van der Waals surface area contributed by atoms with Crippen LogP contribution in [0.4, 0.5) is 0 Å². The molecule has 0 aliphatic heterocycles. The maximum atomic E-state index is 8.74. The molecule has 0 bridgehead atoms. The van der Waals surface area contributed by atoms with Gasteiger partial charge in [-0.3, -0.25) is 4.57 Å². The fraction of sp³-hybridized carbons (Fsp3) is 1.00. The van der Waals surface area contributed by atoms with Crippen molar-refractivity contribution < 1.29 is 14.4 Å². The average Bonchev–Trinajstić information content (AvgIpc) is 2.45. The van der Waals surface area contributed by atoms with Crippen LogP contribution in [-0.4, -0.2) is 49.1 Å². The van der Waals surface area contributed by atoms with Gasteiger partial charge >= 0.3 is 8.25 Å². The first-order chi connectivity index (χ1) is 9.65. The van der Waals surface area contributed by atoms with Crippen LogP contribution in [-0.2, 0) is 4.57 Å². The number of hydrogen-bond acceptors (Lipinski definition) is 5. The van der Waals surface area contributed by atoms with Crippen molar-refractivity contribution in [1.82, 2.24) is 10.6 Å². The molecule has 0 heterocycles. The molecule has 0 aromatic heterocycles. The van der Waals surface area contributed by atoms with Crippen LogP contribution in [0.2, 0.25) is 0 Å². The molecule has 124 valence electrons. The van der Waals surface area contributed by atoms with Gasteiger partial charge in [-0.2, -0.15) is 0 Å². The SMILES string of the molecule is C1CCCCC1.NCCNCCNCCN.O=[PH](O)O. The third-order valence-corrected chi connectivity index (χ3v) is 2.62. The van der Waals surface area contributed by atoms with Gasteiger partial charge in [-0.1, -0.05) is 38.5 Å². The van der Waals surface area contributed by atoms with E-state index in [-0.39, 0.29) is 0 Å². The topological polar surface area (TPSA) is 134 Å². The highest BCUT2D eigenvalue weighted by molar-refractivity contribution is 7.30. The summed E-state index contributed by atoms with van der Waals surface area (Å²) in [5.41, 5.74) is 10.5. The Morgan fingerprint density at radius 1 is 0.750 bits per heavy atom. The Kier molecular flexibility index (Phi) is 23.7. The molecule has 1 aliphatic rings. The molecule has 0 unspecified atom stereocenters. The van der Waals surface area contributed by atoms with Crippen molar-refractivity contribution in [2.24, 2.45) is 11.5 Å². The number of hydrogen-bond donors (Lipinski definition) is 6. The third-order valence-electron chi connectivity index (χ3n) is 2.62. The second-order valence-electron chi connectivity index (χ2n) is 4.48. The summed E-state index contributed by atoms with van der Waals surface area (Å²) in [6.07, 6.45) is 9.00. The lowest BCUT2D eigenvalue weighted by Crippen LogP contribution is -2.32. The summed E-state index contributed by atoms with van der Waals surface area (Å²) in [5, 5.41) is 6.33. The van der Waals surface area contributed by atoms with E-state index in [0.29, 0.717) is 13.1 Å². The van der Waals surface area contributed by atoms with Gasteiger partial charge in [0.2, 0.25) is 0 Å². The van der Waals surface area contributed by atoms with Crippen LogP contribution in [0, 0.1) is 0 Å². The predicted octanol–water partition coefficient (Wildman–Crippen LogP) is -0.216. The fourth-order valence-corrected chi connectivity index (χ4v) is 1.69.